The molecule has 2 N–H and O–H groups in total. The summed E-state index contributed by atoms with van der Waals surface area (Å²) in [5.74, 6) is -0.281. The van der Waals surface area contributed by atoms with E-state index in [1.165, 1.54) is 6.07 Å². The molecule has 1 saturated heterocycles. The molecule has 0 saturated carbocycles. The minimum Gasteiger partial charge on any atom is -0.507 e. The van der Waals surface area contributed by atoms with E-state index in [1.54, 1.807) is 17.0 Å². The molecule has 0 aliphatic carbocycles. The van der Waals surface area contributed by atoms with Gasteiger partial charge in [0.05, 0.1) is 5.56 Å². The molecule has 3 rings (SSSR count). The number of benzene rings is 2. The minimum atomic E-state index is -0.182. The molecular weight excluding hydrogens is 396 g/mol. The Kier molecular flexibility index (Phi) is 5.61. The van der Waals surface area contributed by atoms with Crippen LogP contribution in [0.5, 0.6) is 5.75 Å². The fourth-order valence-corrected chi connectivity index (χ4v) is 3.52. The number of hydrogen-bond acceptors (Lipinski definition) is 3. The predicted molar refractivity (Wildman–Crippen MR) is 103 cm³/mol. The van der Waals surface area contributed by atoms with Crippen molar-refractivity contribution in [2.75, 3.05) is 13.1 Å². The average Bonchev–Trinajstić information content (AvgIpc) is 2.62. The summed E-state index contributed by atoms with van der Waals surface area (Å²) in [6.07, 6.45) is 1.39. The SMILES string of the molecule is Cc1ccccc1C(=O)NC1CCN(C(=O)c2ccc(Br)cc2O)CC1. The number of aryl methyl sites for hydroxylation is 1. The summed E-state index contributed by atoms with van der Waals surface area (Å²) in [6.45, 7) is 3.01. The highest BCUT2D eigenvalue weighted by Gasteiger charge is 2.26. The van der Waals surface area contributed by atoms with E-state index in [-0.39, 0.29) is 23.6 Å². The van der Waals surface area contributed by atoms with Gasteiger partial charge in [-0.05, 0) is 49.6 Å². The maximum absolute atomic E-state index is 12.6. The molecule has 6 heteroatoms. The number of amides is 2. The molecule has 0 spiro atoms. The molecule has 1 heterocycles. The van der Waals surface area contributed by atoms with Crippen molar-refractivity contribution >= 4 is 27.7 Å². The first kappa shape index (κ1) is 18.5. The van der Waals surface area contributed by atoms with Gasteiger partial charge in [-0.1, -0.05) is 34.1 Å². The molecule has 2 aromatic rings. The Balaban J connectivity index is 1.58. The van der Waals surface area contributed by atoms with E-state index >= 15 is 0 Å². The van der Waals surface area contributed by atoms with Crippen molar-refractivity contribution in [3.8, 4) is 5.75 Å². The standard InChI is InChI=1S/C20H21BrN2O3/c1-13-4-2-3-5-16(13)19(25)22-15-8-10-23(11-9-15)20(26)17-7-6-14(21)12-18(17)24/h2-7,12,15,24H,8-11H2,1H3,(H,22,25). The van der Waals surface area contributed by atoms with Crippen molar-refractivity contribution < 1.29 is 14.7 Å². The van der Waals surface area contributed by atoms with Crippen LogP contribution in [0.4, 0.5) is 0 Å². The molecule has 2 amide bonds. The van der Waals surface area contributed by atoms with Crippen LogP contribution in [0.25, 0.3) is 0 Å². The largest absolute Gasteiger partial charge is 0.507 e. The summed E-state index contributed by atoms with van der Waals surface area (Å²) in [6, 6.07) is 12.4. The second kappa shape index (κ2) is 7.91. The Morgan fingerprint density at radius 3 is 2.46 bits per heavy atom. The van der Waals surface area contributed by atoms with E-state index in [9.17, 15) is 14.7 Å². The molecular formula is C20H21BrN2O3. The first-order chi connectivity index (χ1) is 12.5. The molecule has 26 heavy (non-hydrogen) atoms. The van der Waals surface area contributed by atoms with Crippen molar-refractivity contribution in [1.82, 2.24) is 10.2 Å². The highest BCUT2D eigenvalue weighted by Crippen LogP contribution is 2.25. The normalized spacial score (nSPS) is 14.9. The summed E-state index contributed by atoms with van der Waals surface area (Å²) in [7, 11) is 0. The second-order valence-electron chi connectivity index (χ2n) is 6.52. The zero-order chi connectivity index (χ0) is 18.7. The van der Waals surface area contributed by atoms with Crippen LogP contribution in [-0.4, -0.2) is 41.0 Å². The van der Waals surface area contributed by atoms with Crippen LogP contribution in [0, 0.1) is 6.92 Å². The van der Waals surface area contributed by atoms with Gasteiger partial charge in [-0.25, -0.2) is 0 Å². The van der Waals surface area contributed by atoms with Gasteiger partial charge in [0.1, 0.15) is 5.75 Å². The van der Waals surface area contributed by atoms with Crippen LogP contribution in [0.1, 0.15) is 39.1 Å². The number of phenolic OH excluding ortho intramolecular Hbond substituents is 1. The van der Waals surface area contributed by atoms with Crippen LogP contribution in [0.2, 0.25) is 0 Å². The minimum absolute atomic E-state index is 0.0284. The van der Waals surface area contributed by atoms with Gasteiger partial charge in [0, 0.05) is 29.2 Å². The molecule has 0 atom stereocenters. The number of nitrogens with zero attached hydrogens (tertiary/aromatic N) is 1. The van der Waals surface area contributed by atoms with Crippen LogP contribution in [0.15, 0.2) is 46.9 Å². The Morgan fingerprint density at radius 1 is 1.12 bits per heavy atom. The summed E-state index contributed by atoms with van der Waals surface area (Å²) >= 11 is 3.27. The number of carbonyl (C=O) groups is 2. The van der Waals surface area contributed by atoms with Gasteiger partial charge in [-0.15, -0.1) is 0 Å². The van der Waals surface area contributed by atoms with E-state index in [1.807, 2.05) is 31.2 Å². The Hall–Kier alpha value is -2.34. The van der Waals surface area contributed by atoms with Crippen LogP contribution in [0.3, 0.4) is 0 Å². The number of likely N-dealkylation sites (tertiary alicyclic amines) is 1. The Labute approximate surface area is 161 Å². The predicted octanol–water partition coefficient (Wildman–Crippen LogP) is 3.50. The van der Waals surface area contributed by atoms with Gasteiger partial charge in [0.2, 0.25) is 0 Å². The lowest BCUT2D eigenvalue weighted by Crippen LogP contribution is -2.46. The molecule has 0 unspecified atom stereocenters. The van der Waals surface area contributed by atoms with Crippen molar-refractivity contribution in [3.63, 3.8) is 0 Å². The summed E-state index contributed by atoms with van der Waals surface area (Å²) < 4.78 is 0.726. The lowest BCUT2D eigenvalue weighted by atomic mass is 10.0. The smallest absolute Gasteiger partial charge is 0.257 e. The lowest BCUT2D eigenvalue weighted by molar-refractivity contribution is 0.0695. The third-order valence-corrected chi connectivity index (χ3v) is 5.19. The third kappa shape index (κ3) is 4.07. The maximum atomic E-state index is 12.6. The number of hydrogen-bond donors (Lipinski definition) is 2. The van der Waals surface area contributed by atoms with Crippen LogP contribution in [-0.2, 0) is 0 Å². The summed E-state index contributed by atoms with van der Waals surface area (Å²) in [5, 5.41) is 13.0. The number of aromatic hydroxyl groups is 1. The number of halogens is 1. The summed E-state index contributed by atoms with van der Waals surface area (Å²) in [4.78, 5) is 26.7. The first-order valence-corrected chi connectivity index (χ1v) is 9.39. The van der Waals surface area contributed by atoms with Crippen molar-refractivity contribution in [2.24, 2.45) is 0 Å². The van der Waals surface area contributed by atoms with E-state index in [0.717, 1.165) is 10.0 Å². The van der Waals surface area contributed by atoms with Gasteiger partial charge in [-0.3, -0.25) is 9.59 Å². The van der Waals surface area contributed by atoms with Gasteiger partial charge in [0.25, 0.3) is 11.8 Å². The summed E-state index contributed by atoms with van der Waals surface area (Å²) in [5.41, 5.74) is 1.93. The second-order valence-corrected chi connectivity index (χ2v) is 7.43. The van der Waals surface area contributed by atoms with Gasteiger partial charge >= 0.3 is 0 Å². The average molecular weight is 417 g/mol. The molecule has 0 radical (unpaired) electrons. The molecule has 1 aliphatic rings. The third-order valence-electron chi connectivity index (χ3n) is 4.70. The molecule has 0 aromatic heterocycles. The van der Waals surface area contributed by atoms with Crippen LogP contribution < -0.4 is 5.32 Å². The topological polar surface area (TPSA) is 69.6 Å². The monoisotopic (exact) mass is 416 g/mol. The fraction of sp³-hybridized carbons (Fsp3) is 0.300. The lowest BCUT2D eigenvalue weighted by Gasteiger charge is -2.32. The zero-order valence-electron chi connectivity index (χ0n) is 14.5. The number of rotatable bonds is 3. The highest BCUT2D eigenvalue weighted by atomic mass is 79.9. The van der Waals surface area contributed by atoms with E-state index in [0.29, 0.717) is 37.1 Å². The zero-order valence-corrected chi connectivity index (χ0v) is 16.1. The fourth-order valence-electron chi connectivity index (χ4n) is 3.17. The Bertz CT molecular complexity index is 830. The Morgan fingerprint density at radius 2 is 1.81 bits per heavy atom. The molecule has 0 bridgehead atoms. The maximum Gasteiger partial charge on any atom is 0.257 e. The van der Waals surface area contributed by atoms with E-state index < -0.39 is 0 Å². The number of carbonyl (C=O) groups excluding carboxylic acids is 2. The first-order valence-electron chi connectivity index (χ1n) is 8.60. The van der Waals surface area contributed by atoms with Crippen molar-refractivity contribution in [3.05, 3.63) is 63.6 Å². The quantitative estimate of drug-likeness (QED) is 0.804. The highest BCUT2D eigenvalue weighted by molar-refractivity contribution is 9.10. The molecule has 136 valence electrons. The number of nitrogens with one attached hydrogen (secondary N) is 1. The number of phenols is 1. The van der Waals surface area contributed by atoms with Gasteiger partial charge in [0.15, 0.2) is 0 Å². The van der Waals surface area contributed by atoms with Crippen molar-refractivity contribution in [1.29, 1.82) is 0 Å². The number of piperidine rings is 1. The van der Waals surface area contributed by atoms with Crippen LogP contribution >= 0.6 is 15.9 Å². The van der Waals surface area contributed by atoms with E-state index in [4.69, 9.17) is 0 Å². The molecule has 1 fully saturated rings. The van der Waals surface area contributed by atoms with Gasteiger partial charge < -0.3 is 15.3 Å². The van der Waals surface area contributed by atoms with Gasteiger partial charge in [-0.2, -0.15) is 0 Å². The molecule has 5 nitrogen and oxygen atoms in total. The molecule has 2 aromatic carbocycles. The molecule has 1 aliphatic heterocycles. The van der Waals surface area contributed by atoms with E-state index in [2.05, 4.69) is 21.2 Å². The van der Waals surface area contributed by atoms with Crippen molar-refractivity contribution in [2.45, 2.75) is 25.8 Å².